The van der Waals surface area contributed by atoms with Gasteiger partial charge in [-0.2, -0.15) is 0 Å². The lowest BCUT2D eigenvalue weighted by Gasteiger charge is -2.44. The summed E-state index contributed by atoms with van der Waals surface area (Å²) in [7, 11) is 0. The lowest BCUT2D eigenvalue weighted by molar-refractivity contribution is -0.143. The summed E-state index contributed by atoms with van der Waals surface area (Å²) in [6.07, 6.45) is 1.66. The molecule has 1 aromatic rings. The Kier molecular flexibility index (Phi) is 4.04. The van der Waals surface area contributed by atoms with E-state index in [0.29, 0.717) is 35.0 Å². The largest absolute Gasteiger partial charge is 0.508 e. The molecule has 114 valence electrons. The van der Waals surface area contributed by atoms with Gasteiger partial charge in [0, 0.05) is 18.2 Å². The molecule has 4 nitrogen and oxygen atoms in total. The Morgan fingerprint density at radius 1 is 1.24 bits per heavy atom. The van der Waals surface area contributed by atoms with Crippen LogP contribution in [0.15, 0.2) is 12.1 Å². The summed E-state index contributed by atoms with van der Waals surface area (Å²) in [5, 5.41) is 20.7. The molecule has 0 spiro atoms. The molecule has 3 rings (SSSR count). The predicted octanol–water partition coefficient (Wildman–Crippen LogP) is 2.93. The van der Waals surface area contributed by atoms with Gasteiger partial charge in [0.2, 0.25) is 5.91 Å². The molecule has 21 heavy (non-hydrogen) atoms. The van der Waals surface area contributed by atoms with Crippen LogP contribution < -0.4 is 0 Å². The van der Waals surface area contributed by atoms with Crippen LogP contribution in [-0.2, 0) is 4.79 Å². The number of phenols is 1. The zero-order chi connectivity index (χ0) is 15.1. The molecule has 0 aliphatic carbocycles. The Hall–Kier alpha value is -0.970. The number of aliphatic hydroxyl groups excluding tert-OH is 1. The number of benzene rings is 1. The van der Waals surface area contributed by atoms with Crippen LogP contribution in [0.2, 0.25) is 10.0 Å². The van der Waals surface area contributed by atoms with Gasteiger partial charge in [-0.25, -0.2) is 0 Å². The van der Waals surface area contributed by atoms with E-state index in [2.05, 4.69) is 0 Å². The van der Waals surface area contributed by atoms with Crippen LogP contribution in [0.5, 0.6) is 5.75 Å². The first-order valence-corrected chi connectivity index (χ1v) is 7.87. The van der Waals surface area contributed by atoms with Crippen molar-refractivity contribution in [2.45, 2.75) is 43.7 Å². The second kappa shape index (κ2) is 5.67. The Morgan fingerprint density at radius 3 is 2.76 bits per heavy atom. The molecule has 6 heteroatoms. The maximum absolute atomic E-state index is 11.9. The maximum atomic E-state index is 11.9. The normalized spacial score (nSPS) is 29.4. The number of aromatic hydroxyl groups is 1. The number of fused-ring (bicyclic) bond motifs is 1. The fourth-order valence-electron chi connectivity index (χ4n) is 3.53. The Morgan fingerprint density at radius 2 is 2.00 bits per heavy atom. The number of halogens is 2. The molecule has 3 atom stereocenters. The molecule has 2 heterocycles. The number of hydrogen-bond donors (Lipinski definition) is 2. The number of carbonyl (C=O) groups is 1. The van der Waals surface area contributed by atoms with Crippen LogP contribution in [0, 0.1) is 0 Å². The van der Waals surface area contributed by atoms with Crippen molar-refractivity contribution in [3.63, 3.8) is 0 Å². The topological polar surface area (TPSA) is 60.8 Å². The summed E-state index contributed by atoms with van der Waals surface area (Å²) in [6, 6.07) is 3.14. The van der Waals surface area contributed by atoms with E-state index in [4.69, 9.17) is 23.2 Å². The molecule has 2 saturated heterocycles. The highest BCUT2D eigenvalue weighted by atomic mass is 35.5. The molecule has 1 unspecified atom stereocenters. The molecular weight excluding hydrogens is 313 g/mol. The van der Waals surface area contributed by atoms with E-state index in [-0.39, 0.29) is 30.0 Å². The molecule has 0 bridgehead atoms. The molecule has 2 fully saturated rings. The average molecular weight is 330 g/mol. The van der Waals surface area contributed by atoms with Gasteiger partial charge in [0.1, 0.15) is 5.75 Å². The number of nitrogens with zero attached hydrogens (tertiary/aromatic N) is 1. The lowest BCUT2D eigenvalue weighted by Crippen LogP contribution is -2.51. The molecule has 2 N–H and O–H groups in total. The SMILES string of the molecule is O=C1CC(O)C[C@@H]2C[C@H](c3c(O)ccc(Cl)c3Cl)CCN12. The van der Waals surface area contributed by atoms with Crippen molar-refractivity contribution in [1.29, 1.82) is 0 Å². The lowest BCUT2D eigenvalue weighted by atomic mass is 9.81. The van der Waals surface area contributed by atoms with Crippen molar-refractivity contribution in [1.82, 2.24) is 4.90 Å². The monoisotopic (exact) mass is 329 g/mol. The fourth-order valence-corrected chi connectivity index (χ4v) is 4.00. The van der Waals surface area contributed by atoms with E-state index in [0.717, 1.165) is 6.42 Å². The minimum Gasteiger partial charge on any atom is -0.508 e. The number of carbonyl (C=O) groups excluding carboxylic acids is 1. The molecular formula is C15H17Cl2NO3. The minimum absolute atomic E-state index is 0.00875. The van der Waals surface area contributed by atoms with E-state index in [9.17, 15) is 15.0 Å². The highest BCUT2D eigenvalue weighted by molar-refractivity contribution is 6.42. The zero-order valence-electron chi connectivity index (χ0n) is 11.4. The van der Waals surface area contributed by atoms with E-state index in [1.807, 2.05) is 4.90 Å². The first kappa shape index (κ1) is 14.9. The Labute approximate surface area is 133 Å². The van der Waals surface area contributed by atoms with E-state index >= 15 is 0 Å². The fraction of sp³-hybridized carbons (Fsp3) is 0.533. The van der Waals surface area contributed by atoms with Gasteiger partial charge in [-0.1, -0.05) is 23.2 Å². The number of rotatable bonds is 1. The standard InChI is InChI=1S/C15H17Cl2NO3/c16-11-1-2-12(20)14(15(11)17)8-3-4-18-9(5-8)6-10(19)7-13(18)21/h1-2,8-10,19-20H,3-7H2/t8-,9+,10?/m1/s1. The quantitative estimate of drug-likeness (QED) is 0.832. The first-order valence-electron chi connectivity index (χ1n) is 7.11. The summed E-state index contributed by atoms with van der Waals surface area (Å²) in [6.45, 7) is 0.628. The van der Waals surface area contributed by atoms with Gasteiger partial charge in [0.25, 0.3) is 0 Å². The summed E-state index contributed by atoms with van der Waals surface area (Å²) in [5.74, 6) is 0.208. The summed E-state index contributed by atoms with van der Waals surface area (Å²) >= 11 is 12.3. The van der Waals surface area contributed by atoms with E-state index in [1.165, 1.54) is 0 Å². The highest BCUT2D eigenvalue weighted by Gasteiger charge is 2.39. The van der Waals surface area contributed by atoms with Crippen LogP contribution in [0.3, 0.4) is 0 Å². The minimum atomic E-state index is -0.569. The van der Waals surface area contributed by atoms with Gasteiger partial charge in [0.05, 0.1) is 22.6 Å². The molecule has 0 aromatic heterocycles. The molecule has 2 aliphatic heterocycles. The second-order valence-electron chi connectivity index (χ2n) is 5.85. The van der Waals surface area contributed by atoms with Gasteiger partial charge in [-0.15, -0.1) is 0 Å². The smallest absolute Gasteiger partial charge is 0.225 e. The van der Waals surface area contributed by atoms with Crippen molar-refractivity contribution in [3.05, 3.63) is 27.7 Å². The number of aliphatic hydroxyl groups is 1. The second-order valence-corrected chi connectivity index (χ2v) is 6.64. The number of piperidine rings is 2. The molecule has 1 amide bonds. The Bertz CT molecular complexity index is 578. The van der Waals surface area contributed by atoms with Crippen molar-refractivity contribution in [2.24, 2.45) is 0 Å². The summed E-state index contributed by atoms with van der Waals surface area (Å²) in [5.41, 5.74) is 0.663. The van der Waals surface area contributed by atoms with Gasteiger partial charge in [-0.05, 0) is 37.3 Å². The van der Waals surface area contributed by atoms with Crippen LogP contribution >= 0.6 is 23.2 Å². The molecule has 0 saturated carbocycles. The van der Waals surface area contributed by atoms with Gasteiger partial charge in [0.15, 0.2) is 0 Å². The average Bonchev–Trinajstić information content (AvgIpc) is 2.43. The number of phenolic OH excluding ortho intramolecular Hbond substituents is 1. The molecule has 0 radical (unpaired) electrons. The van der Waals surface area contributed by atoms with Crippen molar-refractivity contribution in [2.75, 3.05) is 6.54 Å². The predicted molar refractivity (Wildman–Crippen MR) is 80.8 cm³/mol. The Balaban J connectivity index is 1.86. The number of amides is 1. The third kappa shape index (κ3) is 2.72. The third-order valence-corrected chi connectivity index (χ3v) is 5.33. The van der Waals surface area contributed by atoms with E-state index in [1.54, 1.807) is 12.1 Å². The van der Waals surface area contributed by atoms with Crippen LogP contribution in [0.1, 0.15) is 37.2 Å². The first-order chi connectivity index (χ1) is 9.97. The van der Waals surface area contributed by atoms with Gasteiger partial charge in [-0.3, -0.25) is 4.79 Å². The van der Waals surface area contributed by atoms with E-state index < -0.39 is 6.10 Å². The van der Waals surface area contributed by atoms with Gasteiger partial charge < -0.3 is 15.1 Å². The van der Waals surface area contributed by atoms with Crippen LogP contribution in [-0.4, -0.2) is 39.7 Å². The maximum Gasteiger partial charge on any atom is 0.225 e. The summed E-state index contributed by atoms with van der Waals surface area (Å²) < 4.78 is 0. The number of hydrogen-bond acceptors (Lipinski definition) is 3. The zero-order valence-corrected chi connectivity index (χ0v) is 12.9. The van der Waals surface area contributed by atoms with Crippen molar-refractivity contribution >= 4 is 29.1 Å². The molecule has 2 aliphatic rings. The highest BCUT2D eigenvalue weighted by Crippen LogP contribution is 2.44. The van der Waals surface area contributed by atoms with Crippen LogP contribution in [0.25, 0.3) is 0 Å². The molecule has 1 aromatic carbocycles. The van der Waals surface area contributed by atoms with Crippen molar-refractivity contribution in [3.8, 4) is 5.75 Å². The van der Waals surface area contributed by atoms with Gasteiger partial charge >= 0.3 is 0 Å². The third-order valence-electron chi connectivity index (χ3n) is 4.51. The summed E-state index contributed by atoms with van der Waals surface area (Å²) in [4.78, 5) is 13.8. The van der Waals surface area contributed by atoms with Crippen LogP contribution in [0.4, 0.5) is 0 Å². The van der Waals surface area contributed by atoms with Crippen molar-refractivity contribution < 1.29 is 15.0 Å².